The first-order valence-electron chi connectivity index (χ1n) is 9.40. The molecule has 1 unspecified atom stereocenters. The van der Waals surface area contributed by atoms with Crippen LogP contribution in [0, 0.1) is 11.3 Å². The van der Waals surface area contributed by atoms with E-state index in [9.17, 15) is 28.0 Å². The van der Waals surface area contributed by atoms with Crippen LogP contribution >= 0.6 is 11.3 Å². The quantitative estimate of drug-likeness (QED) is 0.597. The van der Waals surface area contributed by atoms with E-state index in [0.717, 1.165) is 48.4 Å². The minimum atomic E-state index is -4.51. The van der Waals surface area contributed by atoms with Gasteiger partial charge in [-0.05, 0) is 37.3 Å². The number of aromatic amines is 1. The van der Waals surface area contributed by atoms with Gasteiger partial charge in [0, 0.05) is 22.7 Å². The number of H-pyrrole nitrogens is 1. The van der Waals surface area contributed by atoms with Gasteiger partial charge in [-0.2, -0.15) is 18.4 Å². The van der Waals surface area contributed by atoms with Crippen LogP contribution in [0.5, 0.6) is 5.88 Å². The Bertz CT molecular complexity index is 1240. The number of alkyl halides is 3. The Morgan fingerprint density at radius 3 is 2.77 bits per heavy atom. The minimum absolute atomic E-state index is 0.0147. The molecule has 160 valence electrons. The van der Waals surface area contributed by atoms with E-state index in [2.05, 4.69) is 19.7 Å². The van der Waals surface area contributed by atoms with Crippen LogP contribution in [0.1, 0.15) is 45.4 Å². The van der Waals surface area contributed by atoms with E-state index in [1.807, 2.05) is 6.07 Å². The minimum Gasteiger partial charge on any atom is -0.468 e. The number of nitrogens with one attached hydrogen (secondary N) is 1. The molecule has 31 heavy (non-hydrogen) atoms. The standard InChI is InChI=1S/C20H15F3N4O3S/c21-20(22,23)9-30-14-6-5-10(8-25-14)16(28)12(7-24)17-26-18(29)15-11-3-1-2-4-13(11)31-19(15)27-17/h5-6,8,12H,1-4,9H2,(H,26,27,29). The monoisotopic (exact) mass is 448 g/mol. The van der Waals surface area contributed by atoms with Crippen molar-refractivity contribution in [2.75, 3.05) is 6.61 Å². The fourth-order valence-electron chi connectivity index (χ4n) is 3.50. The number of hydrogen-bond donors (Lipinski definition) is 1. The fourth-order valence-corrected chi connectivity index (χ4v) is 4.76. The number of nitriles is 1. The van der Waals surface area contributed by atoms with Crippen molar-refractivity contribution in [2.24, 2.45) is 0 Å². The maximum absolute atomic E-state index is 12.8. The van der Waals surface area contributed by atoms with E-state index in [0.29, 0.717) is 10.2 Å². The second kappa shape index (κ2) is 8.11. The molecule has 0 aromatic carbocycles. The molecular formula is C20H15F3N4O3S. The summed E-state index contributed by atoms with van der Waals surface area (Å²) in [6.07, 6.45) is 0.224. The van der Waals surface area contributed by atoms with Crippen molar-refractivity contribution in [3.63, 3.8) is 0 Å². The summed E-state index contributed by atoms with van der Waals surface area (Å²) in [6.45, 7) is -1.51. The highest BCUT2D eigenvalue weighted by atomic mass is 32.1. The smallest absolute Gasteiger partial charge is 0.422 e. The summed E-state index contributed by atoms with van der Waals surface area (Å²) in [6, 6.07) is 4.17. The topological polar surface area (TPSA) is 109 Å². The summed E-state index contributed by atoms with van der Waals surface area (Å²) in [5.41, 5.74) is 0.589. The molecule has 0 saturated heterocycles. The number of rotatable bonds is 5. The summed E-state index contributed by atoms with van der Waals surface area (Å²) >= 11 is 1.40. The van der Waals surface area contributed by atoms with Gasteiger partial charge in [0.25, 0.3) is 5.56 Å². The number of pyridine rings is 1. The number of hydrogen-bond acceptors (Lipinski definition) is 7. The van der Waals surface area contributed by atoms with Gasteiger partial charge in [0.15, 0.2) is 18.3 Å². The number of aromatic nitrogens is 3. The molecule has 0 spiro atoms. The van der Waals surface area contributed by atoms with Crippen LogP contribution < -0.4 is 10.3 Å². The van der Waals surface area contributed by atoms with Gasteiger partial charge in [-0.3, -0.25) is 9.59 Å². The number of nitrogens with zero attached hydrogens (tertiary/aromatic N) is 3. The number of thiophene rings is 1. The molecule has 1 N–H and O–H groups in total. The lowest BCUT2D eigenvalue weighted by Gasteiger charge is -2.10. The molecule has 1 aliphatic carbocycles. The Labute approximate surface area is 177 Å². The molecule has 3 aromatic rings. The first-order valence-corrected chi connectivity index (χ1v) is 10.2. The van der Waals surface area contributed by atoms with Gasteiger partial charge in [0.1, 0.15) is 10.7 Å². The second-order valence-corrected chi connectivity index (χ2v) is 8.14. The number of ether oxygens (including phenoxy) is 1. The lowest BCUT2D eigenvalue weighted by molar-refractivity contribution is -0.154. The summed E-state index contributed by atoms with van der Waals surface area (Å²) in [5, 5.41) is 10.1. The third-order valence-electron chi connectivity index (χ3n) is 4.91. The van der Waals surface area contributed by atoms with Gasteiger partial charge in [-0.25, -0.2) is 9.97 Å². The van der Waals surface area contributed by atoms with E-state index in [1.165, 1.54) is 17.4 Å². The molecule has 0 amide bonds. The third kappa shape index (κ3) is 4.29. The largest absolute Gasteiger partial charge is 0.468 e. The van der Waals surface area contributed by atoms with Gasteiger partial charge < -0.3 is 9.72 Å². The maximum Gasteiger partial charge on any atom is 0.422 e. The van der Waals surface area contributed by atoms with E-state index in [1.54, 1.807) is 0 Å². The molecule has 0 bridgehead atoms. The highest BCUT2D eigenvalue weighted by Crippen LogP contribution is 2.34. The Morgan fingerprint density at radius 1 is 1.32 bits per heavy atom. The van der Waals surface area contributed by atoms with Gasteiger partial charge in [-0.15, -0.1) is 11.3 Å². The predicted octanol–water partition coefficient (Wildman–Crippen LogP) is 3.69. The van der Waals surface area contributed by atoms with E-state index >= 15 is 0 Å². The second-order valence-electron chi connectivity index (χ2n) is 7.06. The van der Waals surface area contributed by atoms with Crippen molar-refractivity contribution in [1.82, 2.24) is 15.0 Å². The zero-order chi connectivity index (χ0) is 22.2. The number of Topliss-reactive ketones (excluding diaryl/α,β-unsaturated/α-hetero) is 1. The Hall–Kier alpha value is -3.26. The first-order chi connectivity index (χ1) is 14.8. The van der Waals surface area contributed by atoms with Crippen molar-refractivity contribution < 1.29 is 22.7 Å². The zero-order valence-electron chi connectivity index (χ0n) is 16.0. The van der Waals surface area contributed by atoms with Crippen molar-refractivity contribution in [3.05, 3.63) is 50.5 Å². The Morgan fingerprint density at radius 2 is 2.10 bits per heavy atom. The van der Waals surface area contributed by atoms with Crippen LogP contribution in [0.2, 0.25) is 0 Å². The first kappa shape index (κ1) is 21.0. The van der Waals surface area contributed by atoms with Gasteiger partial charge >= 0.3 is 6.18 Å². The van der Waals surface area contributed by atoms with Crippen LogP contribution in [-0.2, 0) is 12.8 Å². The maximum atomic E-state index is 12.8. The molecule has 0 aliphatic heterocycles. The highest BCUT2D eigenvalue weighted by molar-refractivity contribution is 7.18. The molecule has 1 aliphatic rings. The normalized spacial score (nSPS) is 14.6. The van der Waals surface area contributed by atoms with Crippen LogP contribution in [0.3, 0.4) is 0 Å². The average molecular weight is 448 g/mol. The number of carbonyl (C=O) groups is 1. The average Bonchev–Trinajstić information content (AvgIpc) is 3.11. The molecular weight excluding hydrogens is 433 g/mol. The number of ketones is 1. The van der Waals surface area contributed by atoms with Crippen LogP contribution in [0.15, 0.2) is 23.1 Å². The zero-order valence-corrected chi connectivity index (χ0v) is 16.8. The molecule has 0 fully saturated rings. The molecule has 1 atom stereocenters. The SMILES string of the molecule is N#CC(C(=O)c1ccc(OCC(F)(F)F)nc1)c1nc2sc3c(c2c(=O)[nH]1)CCCC3. The van der Waals surface area contributed by atoms with Crippen molar-refractivity contribution in [1.29, 1.82) is 5.26 Å². The molecule has 11 heteroatoms. The van der Waals surface area contributed by atoms with Gasteiger partial charge in [0.05, 0.1) is 11.5 Å². The molecule has 3 aromatic heterocycles. The van der Waals surface area contributed by atoms with E-state index in [-0.39, 0.29) is 22.8 Å². The lowest BCUT2D eigenvalue weighted by Crippen LogP contribution is -2.21. The van der Waals surface area contributed by atoms with Crippen molar-refractivity contribution in [2.45, 2.75) is 37.8 Å². The molecule has 4 rings (SSSR count). The van der Waals surface area contributed by atoms with Gasteiger partial charge in [-0.1, -0.05) is 0 Å². The molecule has 3 heterocycles. The number of carbonyl (C=O) groups excluding carboxylic acids is 1. The summed E-state index contributed by atoms with van der Waals surface area (Å²) in [7, 11) is 0. The lowest BCUT2D eigenvalue weighted by atomic mass is 9.97. The summed E-state index contributed by atoms with van der Waals surface area (Å²) in [5.74, 6) is -2.44. The predicted molar refractivity (Wildman–Crippen MR) is 105 cm³/mol. The highest BCUT2D eigenvalue weighted by Gasteiger charge is 2.29. The molecule has 0 saturated carbocycles. The van der Waals surface area contributed by atoms with Crippen molar-refractivity contribution >= 4 is 27.3 Å². The van der Waals surface area contributed by atoms with Crippen LogP contribution in [0.4, 0.5) is 13.2 Å². The number of aryl methyl sites for hydroxylation is 2. The van der Waals surface area contributed by atoms with Crippen molar-refractivity contribution in [3.8, 4) is 11.9 Å². The summed E-state index contributed by atoms with van der Waals surface area (Å²) in [4.78, 5) is 37.7. The van der Waals surface area contributed by atoms with Crippen LogP contribution in [0.25, 0.3) is 10.2 Å². The Balaban J connectivity index is 1.61. The Kier molecular flexibility index (Phi) is 5.49. The number of halogens is 3. The van der Waals surface area contributed by atoms with Gasteiger partial charge in [0.2, 0.25) is 5.88 Å². The third-order valence-corrected chi connectivity index (χ3v) is 6.10. The fraction of sp³-hybridized carbons (Fsp3) is 0.350. The van der Waals surface area contributed by atoms with E-state index < -0.39 is 24.5 Å². The molecule has 0 radical (unpaired) electrons. The van der Waals surface area contributed by atoms with E-state index in [4.69, 9.17) is 0 Å². The van der Waals surface area contributed by atoms with Crippen LogP contribution in [-0.4, -0.2) is 33.5 Å². The molecule has 7 nitrogen and oxygen atoms in total. The summed E-state index contributed by atoms with van der Waals surface area (Å²) < 4.78 is 41.2. The number of fused-ring (bicyclic) bond motifs is 3.